The zero-order valence-corrected chi connectivity index (χ0v) is 10.7. The van der Waals surface area contributed by atoms with Gasteiger partial charge in [0.05, 0.1) is 0 Å². The van der Waals surface area contributed by atoms with Crippen molar-refractivity contribution in [1.29, 1.82) is 0 Å². The van der Waals surface area contributed by atoms with E-state index < -0.39 is 5.97 Å². The first kappa shape index (κ1) is 13.7. The van der Waals surface area contributed by atoms with Gasteiger partial charge in [-0.3, -0.25) is 14.6 Å². The number of carbonyl (C=O) groups excluding carboxylic acids is 1. The molecular formula is C15H14N2O3. The van der Waals surface area contributed by atoms with Gasteiger partial charge in [0.25, 0.3) is 5.91 Å². The summed E-state index contributed by atoms with van der Waals surface area (Å²) in [4.78, 5) is 26.5. The van der Waals surface area contributed by atoms with E-state index in [-0.39, 0.29) is 12.3 Å². The first-order valence-electron chi connectivity index (χ1n) is 6.18. The van der Waals surface area contributed by atoms with Crippen LogP contribution in [0.3, 0.4) is 0 Å². The number of nitrogens with one attached hydrogen (secondary N) is 1. The fourth-order valence-electron chi connectivity index (χ4n) is 1.80. The van der Waals surface area contributed by atoms with Crippen LogP contribution >= 0.6 is 0 Å². The van der Waals surface area contributed by atoms with Crippen molar-refractivity contribution in [3.8, 4) is 0 Å². The molecule has 1 aromatic carbocycles. The van der Waals surface area contributed by atoms with Crippen molar-refractivity contribution < 1.29 is 14.7 Å². The van der Waals surface area contributed by atoms with Crippen molar-refractivity contribution in [3.05, 3.63) is 59.9 Å². The third-order valence-electron chi connectivity index (χ3n) is 2.82. The number of aliphatic carboxylic acids is 1. The van der Waals surface area contributed by atoms with Crippen LogP contribution in [-0.4, -0.2) is 22.0 Å². The Hall–Kier alpha value is -2.69. The molecule has 0 unspecified atom stereocenters. The molecule has 2 rings (SSSR count). The zero-order chi connectivity index (χ0) is 14.4. The summed E-state index contributed by atoms with van der Waals surface area (Å²) < 4.78 is 0. The minimum atomic E-state index is -0.861. The first-order chi connectivity index (χ1) is 9.66. The lowest BCUT2D eigenvalue weighted by atomic mass is 10.1. The summed E-state index contributed by atoms with van der Waals surface area (Å²) in [7, 11) is 0. The second kappa shape index (κ2) is 6.47. The van der Waals surface area contributed by atoms with Crippen molar-refractivity contribution in [2.75, 3.05) is 5.32 Å². The molecule has 0 bridgehead atoms. The fraction of sp³-hybridized carbons (Fsp3) is 0.133. The quantitative estimate of drug-likeness (QED) is 0.874. The molecule has 1 heterocycles. The van der Waals surface area contributed by atoms with Crippen molar-refractivity contribution in [2.24, 2.45) is 0 Å². The number of carbonyl (C=O) groups is 2. The number of anilines is 1. The molecule has 5 heteroatoms. The molecule has 2 N–H and O–H groups in total. The van der Waals surface area contributed by atoms with E-state index in [9.17, 15) is 9.59 Å². The Labute approximate surface area is 116 Å². The van der Waals surface area contributed by atoms with Gasteiger partial charge >= 0.3 is 5.97 Å². The number of benzene rings is 1. The van der Waals surface area contributed by atoms with Crippen molar-refractivity contribution in [2.45, 2.75) is 12.8 Å². The summed E-state index contributed by atoms with van der Waals surface area (Å²) in [6.45, 7) is 0. The Kier molecular flexibility index (Phi) is 4.44. The van der Waals surface area contributed by atoms with E-state index in [1.165, 1.54) is 0 Å². The number of aromatic nitrogens is 1. The van der Waals surface area contributed by atoms with Crippen LogP contribution in [0.4, 0.5) is 5.69 Å². The maximum atomic E-state index is 12.0. The number of carboxylic acids is 1. The van der Waals surface area contributed by atoms with Crippen LogP contribution in [0.1, 0.15) is 22.3 Å². The van der Waals surface area contributed by atoms with Crippen molar-refractivity contribution in [1.82, 2.24) is 4.98 Å². The van der Waals surface area contributed by atoms with Crippen LogP contribution < -0.4 is 5.32 Å². The van der Waals surface area contributed by atoms with Gasteiger partial charge in [-0.2, -0.15) is 0 Å². The topological polar surface area (TPSA) is 79.3 Å². The zero-order valence-electron chi connectivity index (χ0n) is 10.7. The molecule has 0 spiro atoms. The smallest absolute Gasteiger partial charge is 0.303 e. The molecule has 0 atom stereocenters. The summed E-state index contributed by atoms with van der Waals surface area (Å²) in [5.41, 5.74) is 1.95. The molecule has 0 aliphatic rings. The number of amides is 1. The van der Waals surface area contributed by atoms with Crippen LogP contribution in [0, 0.1) is 0 Å². The highest BCUT2D eigenvalue weighted by Gasteiger charge is 2.09. The number of para-hydroxylation sites is 1. The SMILES string of the molecule is O=C(O)CCc1ccccc1NC(=O)c1ccncc1. The predicted molar refractivity (Wildman–Crippen MR) is 74.6 cm³/mol. The third-order valence-corrected chi connectivity index (χ3v) is 2.82. The monoisotopic (exact) mass is 270 g/mol. The molecule has 0 saturated carbocycles. The number of hydrogen-bond donors (Lipinski definition) is 2. The molecule has 20 heavy (non-hydrogen) atoms. The molecule has 102 valence electrons. The maximum absolute atomic E-state index is 12.0. The average molecular weight is 270 g/mol. The third kappa shape index (κ3) is 3.65. The molecular weight excluding hydrogens is 256 g/mol. The predicted octanol–water partition coefficient (Wildman–Crippen LogP) is 2.35. The number of rotatable bonds is 5. The summed E-state index contributed by atoms with van der Waals surface area (Å²) in [6, 6.07) is 10.4. The lowest BCUT2D eigenvalue weighted by Crippen LogP contribution is -2.13. The molecule has 5 nitrogen and oxygen atoms in total. The Morgan fingerprint density at radius 2 is 1.80 bits per heavy atom. The van der Waals surface area contributed by atoms with Gasteiger partial charge in [-0.1, -0.05) is 18.2 Å². The highest BCUT2D eigenvalue weighted by molar-refractivity contribution is 6.04. The van der Waals surface area contributed by atoms with Crippen molar-refractivity contribution in [3.63, 3.8) is 0 Å². The van der Waals surface area contributed by atoms with Gasteiger partial charge in [0.1, 0.15) is 0 Å². The average Bonchev–Trinajstić information content (AvgIpc) is 2.47. The highest BCUT2D eigenvalue weighted by atomic mass is 16.4. The van der Waals surface area contributed by atoms with Gasteiger partial charge in [-0.05, 0) is 30.2 Å². The molecule has 0 saturated heterocycles. The van der Waals surface area contributed by atoms with E-state index in [0.717, 1.165) is 5.56 Å². The molecule has 1 aromatic heterocycles. The van der Waals surface area contributed by atoms with E-state index >= 15 is 0 Å². The number of pyridine rings is 1. The van der Waals surface area contributed by atoms with Gasteiger partial charge in [0.15, 0.2) is 0 Å². The summed E-state index contributed by atoms with van der Waals surface area (Å²) in [5.74, 6) is -1.10. The van der Waals surface area contributed by atoms with Gasteiger partial charge in [-0.25, -0.2) is 0 Å². The first-order valence-corrected chi connectivity index (χ1v) is 6.18. The summed E-state index contributed by atoms with van der Waals surface area (Å²) in [5, 5.41) is 11.5. The van der Waals surface area contributed by atoms with Gasteiger partial charge in [0, 0.05) is 30.1 Å². The van der Waals surface area contributed by atoms with E-state index in [0.29, 0.717) is 17.7 Å². The standard InChI is InChI=1S/C15H14N2O3/c18-14(19)6-5-11-3-1-2-4-13(11)17-15(20)12-7-9-16-10-8-12/h1-4,7-10H,5-6H2,(H,17,20)(H,18,19). The van der Waals surface area contributed by atoms with Crippen LogP contribution in [0.2, 0.25) is 0 Å². The van der Waals surface area contributed by atoms with E-state index in [2.05, 4.69) is 10.3 Å². The molecule has 0 aliphatic heterocycles. The van der Waals surface area contributed by atoms with Crippen LogP contribution in [-0.2, 0) is 11.2 Å². The van der Waals surface area contributed by atoms with E-state index in [1.807, 2.05) is 12.1 Å². The lowest BCUT2D eigenvalue weighted by Gasteiger charge is -2.10. The van der Waals surface area contributed by atoms with E-state index in [1.54, 1.807) is 36.7 Å². The minimum absolute atomic E-state index is 0.0299. The highest BCUT2D eigenvalue weighted by Crippen LogP contribution is 2.17. The number of carboxylic acid groups (broad SMARTS) is 1. The lowest BCUT2D eigenvalue weighted by molar-refractivity contribution is -0.136. The Morgan fingerprint density at radius 3 is 2.50 bits per heavy atom. The van der Waals surface area contributed by atoms with Gasteiger partial charge < -0.3 is 10.4 Å². The second-order valence-corrected chi connectivity index (χ2v) is 4.24. The van der Waals surface area contributed by atoms with E-state index in [4.69, 9.17) is 5.11 Å². The molecule has 0 radical (unpaired) electrons. The molecule has 1 amide bonds. The second-order valence-electron chi connectivity index (χ2n) is 4.24. The number of hydrogen-bond acceptors (Lipinski definition) is 3. The number of aryl methyl sites for hydroxylation is 1. The molecule has 0 aliphatic carbocycles. The normalized spacial score (nSPS) is 10.0. The Balaban J connectivity index is 2.13. The minimum Gasteiger partial charge on any atom is -0.481 e. The van der Waals surface area contributed by atoms with Crippen LogP contribution in [0.5, 0.6) is 0 Å². The Morgan fingerprint density at radius 1 is 1.10 bits per heavy atom. The largest absolute Gasteiger partial charge is 0.481 e. The van der Waals surface area contributed by atoms with Crippen LogP contribution in [0.25, 0.3) is 0 Å². The van der Waals surface area contributed by atoms with Crippen LogP contribution in [0.15, 0.2) is 48.8 Å². The van der Waals surface area contributed by atoms with Gasteiger partial charge in [0.2, 0.25) is 0 Å². The van der Waals surface area contributed by atoms with Crippen molar-refractivity contribution >= 4 is 17.6 Å². The van der Waals surface area contributed by atoms with Gasteiger partial charge in [-0.15, -0.1) is 0 Å². The molecule has 0 fully saturated rings. The maximum Gasteiger partial charge on any atom is 0.303 e. The summed E-state index contributed by atoms with van der Waals surface area (Å²) >= 11 is 0. The Bertz CT molecular complexity index is 612. The number of nitrogens with zero attached hydrogens (tertiary/aromatic N) is 1. The summed E-state index contributed by atoms with van der Waals surface area (Å²) in [6.07, 6.45) is 3.50. The fourth-order valence-corrected chi connectivity index (χ4v) is 1.80. The molecule has 2 aromatic rings.